The molecule has 2 N–H and O–H groups in total. The van der Waals surface area contributed by atoms with Crippen LogP contribution in [0.5, 0.6) is 0 Å². The predicted molar refractivity (Wildman–Crippen MR) is 60.9 cm³/mol. The van der Waals surface area contributed by atoms with E-state index in [9.17, 15) is 4.79 Å². The zero-order valence-corrected chi connectivity index (χ0v) is 9.15. The fourth-order valence-electron chi connectivity index (χ4n) is 1.04. The molecular weight excluding hydrogens is 196 g/mol. The van der Waals surface area contributed by atoms with Crippen LogP contribution in [0.4, 0.5) is 10.5 Å². The zero-order valence-electron chi connectivity index (χ0n) is 8.33. The molecule has 0 fully saturated rings. The predicted octanol–water partition coefficient (Wildman–Crippen LogP) is 2.55. The molecule has 0 atom stereocenters. The molecule has 3 nitrogen and oxygen atoms in total. The number of anilines is 1. The molecule has 76 valence electrons. The maximum Gasteiger partial charge on any atom is 0.319 e. The molecule has 2 amide bonds. The van der Waals surface area contributed by atoms with Crippen molar-refractivity contribution in [3.8, 4) is 0 Å². The van der Waals surface area contributed by atoms with E-state index in [0.29, 0.717) is 6.54 Å². The number of carbonyl (C=O) groups excluding carboxylic acids is 1. The van der Waals surface area contributed by atoms with Crippen LogP contribution in [0.15, 0.2) is 29.2 Å². The number of hydrogen-bond donors (Lipinski definition) is 2. The van der Waals surface area contributed by atoms with Gasteiger partial charge in [-0.15, -0.1) is 11.8 Å². The Hall–Kier alpha value is -1.16. The van der Waals surface area contributed by atoms with E-state index in [1.165, 1.54) is 0 Å². The fraction of sp³-hybridized carbons (Fsp3) is 0.300. The molecule has 4 heteroatoms. The number of thioether (sulfide) groups is 1. The van der Waals surface area contributed by atoms with Gasteiger partial charge in [0.25, 0.3) is 0 Å². The van der Waals surface area contributed by atoms with Gasteiger partial charge in [-0.05, 0) is 31.4 Å². The second-order valence-electron chi connectivity index (χ2n) is 2.72. The van der Waals surface area contributed by atoms with E-state index in [0.717, 1.165) is 10.6 Å². The molecule has 1 rings (SSSR count). The summed E-state index contributed by atoms with van der Waals surface area (Å²) in [6.07, 6.45) is 2.01. The van der Waals surface area contributed by atoms with Crippen LogP contribution in [-0.4, -0.2) is 18.8 Å². The summed E-state index contributed by atoms with van der Waals surface area (Å²) in [5.74, 6) is 0. The number of benzene rings is 1. The molecule has 1 aromatic carbocycles. The molecule has 1 aromatic rings. The van der Waals surface area contributed by atoms with Crippen LogP contribution < -0.4 is 10.6 Å². The van der Waals surface area contributed by atoms with E-state index in [-0.39, 0.29) is 6.03 Å². The first-order valence-electron chi connectivity index (χ1n) is 4.45. The van der Waals surface area contributed by atoms with E-state index >= 15 is 0 Å². The van der Waals surface area contributed by atoms with Crippen LogP contribution in [0.3, 0.4) is 0 Å². The number of amides is 2. The molecule has 0 bridgehead atoms. The lowest BCUT2D eigenvalue weighted by Gasteiger charge is -2.06. The van der Waals surface area contributed by atoms with Gasteiger partial charge in [0.05, 0.1) is 0 Å². The lowest BCUT2D eigenvalue weighted by atomic mass is 10.3. The molecule has 14 heavy (non-hydrogen) atoms. The highest BCUT2D eigenvalue weighted by Gasteiger charge is 1.99. The topological polar surface area (TPSA) is 41.1 Å². The Balaban J connectivity index is 2.62. The molecule has 0 aliphatic heterocycles. The summed E-state index contributed by atoms with van der Waals surface area (Å²) < 4.78 is 0. The lowest BCUT2D eigenvalue weighted by Crippen LogP contribution is -2.28. The average molecular weight is 210 g/mol. The minimum atomic E-state index is -0.161. The number of nitrogens with one attached hydrogen (secondary N) is 2. The molecule has 0 aliphatic carbocycles. The molecule has 0 unspecified atom stereocenters. The van der Waals surface area contributed by atoms with Gasteiger partial charge in [0, 0.05) is 17.1 Å². The molecule has 0 saturated heterocycles. The highest BCUT2D eigenvalue weighted by atomic mass is 32.2. The van der Waals surface area contributed by atoms with Gasteiger partial charge in [-0.1, -0.05) is 6.07 Å². The number of urea groups is 1. The highest BCUT2D eigenvalue weighted by molar-refractivity contribution is 7.98. The molecule has 0 aromatic heterocycles. The molecule has 0 aliphatic rings. The standard InChI is InChI=1S/C10H14N2OS/c1-3-11-10(13)12-8-5-4-6-9(7-8)14-2/h4-7H,3H2,1-2H3,(H2,11,12,13). The van der Waals surface area contributed by atoms with Crippen LogP contribution in [0.25, 0.3) is 0 Å². The first-order chi connectivity index (χ1) is 6.76. The molecule has 0 heterocycles. The maximum atomic E-state index is 11.2. The van der Waals surface area contributed by atoms with Crippen molar-refractivity contribution in [1.82, 2.24) is 5.32 Å². The summed E-state index contributed by atoms with van der Waals surface area (Å²) in [4.78, 5) is 12.3. The number of rotatable bonds is 3. The second-order valence-corrected chi connectivity index (χ2v) is 3.60. The first-order valence-corrected chi connectivity index (χ1v) is 5.67. The Kier molecular flexibility index (Phi) is 4.32. The van der Waals surface area contributed by atoms with Gasteiger partial charge in [-0.3, -0.25) is 0 Å². The summed E-state index contributed by atoms with van der Waals surface area (Å²) in [5.41, 5.74) is 0.822. The van der Waals surface area contributed by atoms with Gasteiger partial charge < -0.3 is 10.6 Å². The summed E-state index contributed by atoms with van der Waals surface area (Å²) >= 11 is 1.65. The minimum Gasteiger partial charge on any atom is -0.338 e. The third-order valence-electron chi connectivity index (χ3n) is 1.66. The maximum absolute atomic E-state index is 11.2. The molecule has 0 saturated carbocycles. The van der Waals surface area contributed by atoms with Crippen LogP contribution in [0, 0.1) is 0 Å². The molecule has 0 spiro atoms. The quantitative estimate of drug-likeness (QED) is 0.753. The van der Waals surface area contributed by atoms with E-state index in [1.54, 1.807) is 11.8 Å². The van der Waals surface area contributed by atoms with Gasteiger partial charge in [0.1, 0.15) is 0 Å². The Morgan fingerprint density at radius 3 is 2.93 bits per heavy atom. The van der Waals surface area contributed by atoms with Crippen LogP contribution in [0.1, 0.15) is 6.92 Å². The summed E-state index contributed by atoms with van der Waals surface area (Å²) in [7, 11) is 0. The van der Waals surface area contributed by atoms with E-state index < -0.39 is 0 Å². The Morgan fingerprint density at radius 2 is 2.29 bits per heavy atom. The van der Waals surface area contributed by atoms with E-state index in [2.05, 4.69) is 10.6 Å². The smallest absolute Gasteiger partial charge is 0.319 e. The van der Waals surface area contributed by atoms with Gasteiger partial charge in [0.15, 0.2) is 0 Å². The van der Waals surface area contributed by atoms with Crippen LogP contribution in [-0.2, 0) is 0 Å². The SMILES string of the molecule is CCNC(=O)Nc1cccc(SC)c1. The monoisotopic (exact) mass is 210 g/mol. The lowest BCUT2D eigenvalue weighted by molar-refractivity contribution is 0.252. The third-order valence-corrected chi connectivity index (χ3v) is 2.39. The van der Waals surface area contributed by atoms with Crippen molar-refractivity contribution in [1.29, 1.82) is 0 Å². The van der Waals surface area contributed by atoms with Gasteiger partial charge in [0.2, 0.25) is 0 Å². The van der Waals surface area contributed by atoms with Crippen molar-refractivity contribution in [2.24, 2.45) is 0 Å². The zero-order chi connectivity index (χ0) is 10.4. The summed E-state index contributed by atoms with van der Waals surface area (Å²) in [6.45, 7) is 2.52. The van der Waals surface area contributed by atoms with Crippen LogP contribution >= 0.6 is 11.8 Å². The van der Waals surface area contributed by atoms with Crippen molar-refractivity contribution >= 4 is 23.5 Å². The van der Waals surface area contributed by atoms with Crippen molar-refractivity contribution in [2.45, 2.75) is 11.8 Å². The highest BCUT2D eigenvalue weighted by Crippen LogP contribution is 2.18. The number of hydrogen-bond acceptors (Lipinski definition) is 2. The Labute approximate surface area is 88.3 Å². The largest absolute Gasteiger partial charge is 0.338 e. The van der Waals surface area contributed by atoms with Crippen molar-refractivity contribution < 1.29 is 4.79 Å². The fourth-order valence-corrected chi connectivity index (χ4v) is 1.50. The van der Waals surface area contributed by atoms with Gasteiger partial charge >= 0.3 is 6.03 Å². The Morgan fingerprint density at radius 1 is 1.50 bits per heavy atom. The summed E-state index contributed by atoms with van der Waals surface area (Å²) in [5, 5.41) is 5.43. The Bertz CT molecular complexity index is 315. The van der Waals surface area contributed by atoms with E-state index in [4.69, 9.17) is 0 Å². The van der Waals surface area contributed by atoms with Crippen LogP contribution in [0.2, 0.25) is 0 Å². The van der Waals surface area contributed by atoms with Gasteiger partial charge in [-0.2, -0.15) is 0 Å². The van der Waals surface area contributed by atoms with E-state index in [1.807, 2.05) is 37.4 Å². The van der Waals surface area contributed by atoms with Crippen molar-refractivity contribution in [3.05, 3.63) is 24.3 Å². The molecular formula is C10H14N2OS. The first kappa shape index (κ1) is 10.9. The number of carbonyl (C=O) groups is 1. The second kappa shape index (κ2) is 5.54. The normalized spacial score (nSPS) is 9.57. The summed E-state index contributed by atoms with van der Waals surface area (Å²) in [6, 6.07) is 7.58. The molecule has 0 radical (unpaired) electrons. The third kappa shape index (κ3) is 3.30. The van der Waals surface area contributed by atoms with Gasteiger partial charge in [-0.25, -0.2) is 4.79 Å². The van der Waals surface area contributed by atoms with Crippen molar-refractivity contribution in [3.63, 3.8) is 0 Å². The average Bonchev–Trinajstić information content (AvgIpc) is 2.18. The van der Waals surface area contributed by atoms with Crippen molar-refractivity contribution in [2.75, 3.05) is 18.1 Å². The minimum absolute atomic E-state index is 0.161.